The summed E-state index contributed by atoms with van der Waals surface area (Å²) in [7, 11) is 1.16. The molecule has 0 radical (unpaired) electrons. The molecular weight excluding hydrogens is 629 g/mol. The van der Waals surface area contributed by atoms with Crippen molar-refractivity contribution >= 4 is 19.8 Å². The molecule has 2 atom stereocenters. The fourth-order valence-corrected chi connectivity index (χ4v) is 5.65. The highest BCUT2D eigenvalue weighted by Crippen LogP contribution is 2.38. The summed E-state index contributed by atoms with van der Waals surface area (Å²) >= 11 is 0. The number of phosphoric ester groups is 1. The zero-order valence-corrected chi connectivity index (χ0v) is 32.3. The average molecular weight is 702 g/mol. The van der Waals surface area contributed by atoms with Gasteiger partial charge in [0, 0.05) is 12.8 Å². The van der Waals surface area contributed by atoms with Crippen molar-refractivity contribution in [3.8, 4) is 0 Å². The number of likely N-dealkylation sites (N-methyl/N-ethyl adjacent to an activating group) is 1. The van der Waals surface area contributed by atoms with E-state index in [-0.39, 0.29) is 26.1 Å². The minimum atomic E-state index is -4.61. The van der Waals surface area contributed by atoms with Crippen LogP contribution >= 0.6 is 7.82 Å². The monoisotopic (exact) mass is 701 g/mol. The normalized spacial score (nSPS) is 14.0. The Morgan fingerprint density at radius 2 is 1.12 bits per heavy atom. The third-order valence-corrected chi connectivity index (χ3v) is 8.94. The second-order valence-corrected chi connectivity index (χ2v) is 15.4. The summed E-state index contributed by atoms with van der Waals surface area (Å²) in [6.07, 6.45) is 31.0. The Morgan fingerprint density at radius 3 is 1.69 bits per heavy atom. The number of carbonyl (C=O) groups is 2. The van der Waals surface area contributed by atoms with Crippen LogP contribution < -0.4 is 4.89 Å². The standard InChI is InChI=1S/C38H72NO8P/c1-6-8-10-12-13-14-15-16-17-18-19-20-21-22-23-24-25-27-29-31-38(41)47-36(34-44-37(40)30-28-26-11-9-7-2)35-46-48(42,43)45-33-32-39(3,4)5/h13-14,16-17,36H,6-12,15,18-35H2,1-5H3/b14-13-,17-16-. The topological polar surface area (TPSA) is 111 Å². The van der Waals surface area contributed by atoms with E-state index in [1.165, 1.54) is 57.8 Å². The SMILES string of the molecule is CCCCC/C=C\C/C=C\CCCCCCCCCCCC(=O)OC(COC(=O)CCCCCCC)COP(=O)([O-])OCC[N+](C)(C)C. The lowest BCUT2D eigenvalue weighted by Gasteiger charge is -2.28. The molecule has 0 heterocycles. The second kappa shape index (κ2) is 31.5. The van der Waals surface area contributed by atoms with E-state index in [9.17, 15) is 19.0 Å². The van der Waals surface area contributed by atoms with Crippen LogP contribution in [-0.4, -0.2) is 70.0 Å². The van der Waals surface area contributed by atoms with Crippen LogP contribution in [0.25, 0.3) is 0 Å². The van der Waals surface area contributed by atoms with Crippen molar-refractivity contribution in [3.05, 3.63) is 24.3 Å². The fourth-order valence-electron chi connectivity index (χ4n) is 4.92. The van der Waals surface area contributed by atoms with Crippen molar-refractivity contribution in [2.24, 2.45) is 0 Å². The number of ether oxygens (including phenoxy) is 2. The number of hydrogen-bond donors (Lipinski definition) is 0. The summed E-state index contributed by atoms with van der Waals surface area (Å²) in [5.41, 5.74) is 0. The molecule has 0 N–H and O–H groups in total. The van der Waals surface area contributed by atoms with E-state index in [1.54, 1.807) is 0 Å². The molecule has 0 bridgehead atoms. The second-order valence-electron chi connectivity index (χ2n) is 13.9. The van der Waals surface area contributed by atoms with Crippen molar-refractivity contribution in [3.63, 3.8) is 0 Å². The Balaban J connectivity index is 4.25. The molecule has 0 fully saturated rings. The number of phosphoric acid groups is 1. The molecule has 2 unspecified atom stereocenters. The van der Waals surface area contributed by atoms with Crippen LogP contribution in [0.1, 0.15) is 155 Å². The number of quaternary nitrogens is 1. The average Bonchev–Trinajstić information content (AvgIpc) is 3.02. The summed E-state index contributed by atoms with van der Waals surface area (Å²) in [5.74, 6) is -0.853. The Bertz CT molecular complexity index is 886. The molecule has 48 heavy (non-hydrogen) atoms. The number of unbranched alkanes of at least 4 members (excludes halogenated alkanes) is 16. The maximum atomic E-state index is 12.6. The van der Waals surface area contributed by atoms with E-state index in [0.29, 0.717) is 17.4 Å². The van der Waals surface area contributed by atoms with Crippen LogP contribution in [0.4, 0.5) is 0 Å². The molecule has 9 nitrogen and oxygen atoms in total. The molecule has 282 valence electrons. The van der Waals surface area contributed by atoms with Gasteiger partial charge in [0.2, 0.25) is 0 Å². The summed E-state index contributed by atoms with van der Waals surface area (Å²) in [5, 5.41) is 0. The fraction of sp³-hybridized carbons (Fsp3) is 0.842. The lowest BCUT2D eigenvalue weighted by molar-refractivity contribution is -0.870. The first-order chi connectivity index (χ1) is 23.0. The minimum Gasteiger partial charge on any atom is -0.756 e. The molecular formula is C38H72NO8P. The molecule has 0 saturated heterocycles. The third-order valence-electron chi connectivity index (χ3n) is 7.97. The highest BCUT2D eigenvalue weighted by atomic mass is 31.2. The van der Waals surface area contributed by atoms with Gasteiger partial charge in [-0.05, 0) is 44.9 Å². The summed E-state index contributed by atoms with van der Waals surface area (Å²) in [6, 6.07) is 0. The van der Waals surface area contributed by atoms with Gasteiger partial charge in [0.05, 0.1) is 27.7 Å². The van der Waals surface area contributed by atoms with Gasteiger partial charge in [0.1, 0.15) is 19.8 Å². The predicted molar refractivity (Wildman–Crippen MR) is 194 cm³/mol. The van der Waals surface area contributed by atoms with Gasteiger partial charge in [-0.15, -0.1) is 0 Å². The molecule has 0 aliphatic rings. The van der Waals surface area contributed by atoms with Gasteiger partial charge in [-0.1, -0.05) is 122 Å². The van der Waals surface area contributed by atoms with Crippen molar-refractivity contribution in [2.75, 3.05) is 47.5 Å². The van der Waals surface area contributed by atoms with Crippen LogP contribution in [-0.2, 0) is 32.7 Å². The highest BCUT2D eigenvalue weighted by Gasteiger charge is 2.21. The third kappa shape index (κ3) is 34.4. The van der Waals surface area contributed by atoms with E-state index in [0.717, 1.165) is 64.2 Å². The molecule has 0 amide bonds. The van der Waals surface area contributed by atoms with Crippen LogP contribution in [0, 0.1) is 0 Å². The minimum absolute atomic E-state index is 0.0308. The quantitative estimate of drug-likeness (QED) is 0.0215. The lowest BCUT2D eigenvalue weighted by atomic mass is 10.1. The molecule has 0 aromatic carbocycles. The number of rotatable bonds is 34. The van der Waals surface area contributed by atoms with Crippen LogP contribution in [0.3, 0.4) is 0 Å². The first kappa shape index (κ1) is 46.5. The number of allylic oxidation sites excluding steroid dienone is 4. The van der Waals surface area contributed by atoms with E-state index in [2.05, 4.69) is 38.2 Å². The predicted octanol–water partition coefficient (Wildman–Crippen LogP) is 9.38. The molecule has 0 aromatic heterocycles. The Morgan fingerprint density at radius 1 is 0.646 bits per heavy atom. The number of carbonyl (C=O) groups excluding carboxylic acids is 2. The van der Waals surface area contributed by atoms with Gasteiger partial charge in [-0.3, -0.25) is 14.2 Å². The van der Waals surface area contributed by atoms with E-state index in [4.69, 9.17) is 18.5 Å². The molecule has 0 aliphatic heterocycles. The maximum Gasteiger partial charge on any atom is 0.306 e. The summed E-state index contributed by atoms with van der Waals surface area (Å²) in [4.78, 5) is 37.0. The lowest BCUT2D eigenvalue weighted by Crippen LogP contribution is -2.37. The molecule has 0 saturated carbocycles. The molecule has 0 aliphatic carbocycles. The Labute approximate surface area is 294 Å². The van der Waals surface area contributed by atoms with Crippen molar-refractivity contribution in [2.45, 2.75) is 161 Å². The van der Waals surface area contributed by atoms with Crippen LogP contribution in [0.15, 0.2) is 24.3 Å². The Hall–Kier alpha value is -1.51. The van der Waals surface area contributed by atoms with Crippen LogP contribution in [0.2, 0.25) is 0 Å². The van der Waals surface area contributed by atoms with Gasteiger partial charge in [0.25, 0.3) is 7.82 Å². The number of esters is 2. The van der Waals surface area contributed by atoms with Crippen molar-refractivity contribution < 1.29 is 42.1 Å². The smallest absolute Gasteiger partial charge is 0.306 e. The van der Waals surface area contributed by atoms with Gasteiger partial charge in [-0.2, -0.15) is 0 Å². The largest absolute Gasteiger partial charge is 0.756 e. The van der Waals surface area contributed by atoms with Crippen molar-refractivity contribution in [1.82, 2.24) is 0 Å². The van der Waals surface area contributed by atoms with Crippen LogP contribution in [0.5, 0.6) is 0 Å². The van der Waals surface area contributed by atoms with Gasteiger partial charge >= 0.3 is 11.9 Å². The summed E-state index contributed by atoms with van der Waals surface area (Å²) < 4.78 is 33.5. The highest BCUT2D eigenvalue weighted by molar-refractivity contribution is 7.45. The van der Waals surface area contributed by atoms with Gasteiger partial charge < -0.3 is 27.9 Å². The maximum absolute atomic E-state index is 12.6. The number of hydrogen-bond acceptors (Lipinski definition) is 8. The molecule has 0 rings (SSSR count). The van der Waals surface area contributed by atoms with E-state index in [1.807, 2.05) is 21.1 Å². The Kier molecular flexibility index (Phi) is 30.5. The zero-order valence-electron chi connectivity index (χ0n) is 31.4. The zero-order chi connectivity index (χ0) is 35.8. The van der Waals surface area contributed by atoms with Crippen molar-refractivity contribution in [1.29, 1.82) is 0 Å². The molecule has 10 heteroatoms. The number of nitrogens with zero attached hydrogens (tertiary/aromatic N) is 1. The summed E-state index contributed by atoms with van der Waals surface area (Å²) in [6.45, 7) is 4.09. The first-order valence-corrected chi connectivity index (χ1v) is 20.5. The van der Waals surface area contributed by atoms with E-state index < -0.39 is 32.5 Å². The van der Waals surface area contributed by atoms with Gasteiger partial charge in [0.15, 0.2) is 6.10 Å². The molecule has 0 spiro atoms. The van der Waals surface area contributed by atoms with Gasteiger partial charge in [-0.25, -0.2) is 0 Å². The van der Waals surface area contributed by atoms with E-state index >= 15 is 0 Å². The molecule has 0 aromatic rings. The first-order valence-electron chi connectivity index (χ1n) is 19.0.